The Kier molecular flexibility index (Phi) is 6.50. The van der Waals surface area contributed by atoms with E-state index in [4.69, 9.17) is 5.11 Å². The summed E-state index contributed by atoms with van der Waals surface area (Å²) < 4.78 is 0. The van der Waals surface area contributed by atoms with Crippen LogP contribution in [-0.2, 0) is 11.3 Å². The maximum Gasteiger partial charge on any atom is 0.314 e. The van der Waals surface area contributed by atoms with Crippen molar-refractivity contribution in [3.05, 3.63) is 48.5 Å². The predicted molar refractivity (Wildman–Crippen MR) is 102 cm³/mol. The molecule has 10 nitrogen and oxygen atoms in total. The van der Waals surface area contributed by atoms with Crippen LogP contribution < -0.4 is 16.4 Å². The van der Waals surface area contributed by atoms with Crippen molar-refractivity contribution in [2.75, 3.05) is 0 Å². The van der Waals surface area contributed by atoms with Crippen molar-refractivity contribution in [3.63, 3.8) is 0 Å². The first-order valence-electron chi connectivity index (χ1n) is 8.25. The third-order valence-electron chi connectivity index (χ3n) is 4.71. The smallest absolute Gasteiger partial charge is 0.314 e. The van der Waals surface area contributed by atoms with Crippen LogP contribution in [0.3, 0.4) is 0 Å². The molecule has 4 N–H and O–H groups in total. The number of fused-ring (bicyclic) bond motifs is 1. The summed E-state index contributed by atoms with van der Waals surface area (Å²) >= 11 is 0. The highest BCUT2D eigenvalue weighted by atomic mass is 79.9. The molecule has 0 aliphatic heterocycles. The minimum Gasteiger partial charge on any atom is -0.481 e. The SMILES string of the molecule is Br.O=C(O)[C@H]1CCC[C@@H](NCc2cc([N+](=O)[O-])cc3[nH]c(=O)c(=O)[nH]c23)C1. The van der Waals surface area contributed by atoms with E-state index in [9.17, 15) is 24.5 Å². The first-order valence-corrected chi connectivity index (χ1v) is 8.25. The van der Waals surface area contributed by atoms with Crippen molar-refractivity contribution in [3.8, 4) is 0 Å². The number of nitrogens with one attached hydrogen (secondary N) is 3. The van der Waals surface area contributed by atoms with Gasteiger partial charge in [-0.1, -0.05) is 6.42 Å². The number of non-ortho nitro benzene ring substituents is 1. The molecule has 27 heavy (non-hydrogen) atoms. The Labute approximate surface area is 162 Å². The standard InChI is InChI=1S/C16H18N4O6.BrH/c21-14-15(22)19-13-9(5-11(20(25)26)6-12(13)18-14)7-17-10-3-1-2-8(4-10)16(23)24;/h5-6,8,10,17H,1-4,7H2,(H,18,21)(H,19,22)(H,23,24);1H/t8-,10+;/m0./s1. The second-order valence-corrected chi connectivity index (χ2v) is 6.47. The molecule has 1 aliphatic rings. The lowest BCUT2D eigenvalue weighted by Crippen LogP contribution is -2.36. The predicted octanol–water partition coefficient (Wildman–Crippen LogP) is 1.44. The number of H-pyrrole nitrogens is 2. The zero-order valence-corrected chi connectivity index (χ0v) is 15.9. The van der Waals surface area contributed by atoms with Crippen LogP contribution in [0.5, 0.6) is 0 Å². The number of aliphatic carboxylic acids is 1. The molecule has 1 saturated carbocycles. The number of carbonyl (C=O) groups is 1. The zero-order chi connectivity index (χ0) is 18.8. The van der Waals surface area contributed by atoms with Crippen molar-refractivity contribution < 1.29 is 14.8 Å². The molecule has 11 heteroatoms. The van der Waals surface area contributed by atoms with E-state index >= 15 is 0 Å². The number of halogens is 1. The number of rotatable bonds is 5. The third kappa shape index (κ3) is 4.61. The van der Waals surface area contributed by atoms with Crippen LogP contribution in [0.2, 0.25) is 0 Å². The highest BCUT2D eigenvalue weighted by molar-refractivity contribution is 8.93. The number of carboxylic acid groups (broad SMARTS) is 1. The maximum absolute atomic E-state index is 11.6. The molecular formula is C16H19BrN4O6. The molecule has 0 amide bonds. The van der Waals surface area contributed by atoms with E-state index in [-0.39, 0.29) is 40.8 Å². The molecule has 1 fully saturated rings. The van der Waals surface area contributed by atoms with Gasteiger partial charge in [-0.15, -0.1) is 17.0 Å². The second kappa shape index (κ2) is 8.44. The van der Waals surface area contributed by atoms with E-state index in [1.807, 2.05) is 0 Å². The third-order valence-corrected chi connectivity index (χ3v) is 4.71. The number of nitro groups is 1. The number of hydrogen-bond donors (Lipinski definition) is 4. The minimum atomic E-state index is -0.881. The van der Waals surface area contributed by atoms with Crippen molar-refractivity contribution in [2.24, 2.45) is 5.92 Å². The topological polar surface area (TPSA) is 158 Å². The largest absolute Gasteiger partial charge is 0.481 e. The van der Waals surface area contributed by atoms with Crippen LogP contribution >= 0.6 is 17.0 Å². The van der Waals surface area contributed by atoms with Gasteiger partial charge in [-0.25, -0.2) is 0 Å². The van der Waals surface area contributed by atoms with Gasteiger partial charge in [0.25, 0.3) is 5.69 Å². The summed E-state index contributed by atoms with van der Waals surface area (Å²) in [5.74, 6) is -1.22. The van der Waals surface area contributed by atoms with Gasteiger partial charge in [-0.3, -0.25) is 24.5 Å². The van der Waals surface area contributed by atoms with Crippen LogP contribution in [0.25, 0.3) is 11.0 Å². The summed E-state index contributed by atoms with van der Waals surface area (Å²) in [5.41, 5.74) is -0.972. The summed E-state index contributed by atoms with van der Waals surface area (Å²) in [5, 5.41) is 23.5. The Morgan fingerprint density at radius 3 is 2.63 bits per heavy atom. The normalized spacial score (nSPS) is 19.4. The molecule has 0 unspecified atom stereocenters. The van der Waals surface area contributed by atoms with Crippen LogP contribution in [0.15, 0.2) is 21.7 Å². The van der Waals surface area contributed by atoms with Gasteiger partial charge in [0.05, 0.1) is 21.9 Å². The van der Waals surface area contributed by atoms with Gasteiger partial charge >= 0.3 is 17.1 Å². The van der Waals surface area contributed by atoms with Gasteiger partial charge in [-0.2, -0.15) is 0 Å². The monoisotopic (exact) mass is 442 g/mol. The minimum absolute atomic E-state index is 0. The summed E-state index contributed by atoms with van der Waals surface area (Å²) in [4.78, 5) is 49.6. The molecule has 0 radical (unpaired) electrons. The van der Waals surface area contributed by atoms with Crippen molar-refractivity contribution >= 4 is 39.7 Å². The van der Waals surface area contributed by atoms with Crippen LogP contribution in [0, 0.1) is 16.0 Å². The number of benzene rings is 1. The van der Waals surface area contributed by atoms with Crippen molar-refractivity contribution in [1.82, 2.24) is 15.3 Å². The van der Waals surface area contributed by atoms with Crippen LogP contribution in [0.4, 0.5) is 5.69 Å². The van der Waals surface area contributed by atoms with E-state index in [0.29, 0.717) is 23.9 Å². The maximum atomic E-state index is 11.6. The molecule has 1 aromatic heterocycles. The molecule has 0 saturated heterocycles. The zero-order valence-electron chi connectivity index (χ0n) is 14.2. The van der Waals surface area contributed by atoms with Gasteiger partial charge in [-0.05, 0) is 24.8 Å². The fourth-order valence-electron chi connectivity index (χ4n) is 3.38. The average molecular weight is 443 g/mol. The van der Waals surface area contributed by atoms with Crippen LogP contribution in [-0.4, -0.2) is 32.0 Å². The van der Waals surface area contributed by atoms with Gasteiger partial charge < -0.3 is 20.4 Å². The molecule has 1 aromatic carbocycles. The molecule has 2 atom stereocenters. The molecule has 0 spiro atoms. The van der Waals surface area contributed by atoms with Gasteiger partial charge in [0.1, 0.15) is 0 Å². The fourth-order valence-corrected chi connectivity index (χ4v) is 3.38. The average Bonchev–Trinajstić information content (AvgIpc) is 2.60. The Hall–Kier alpha value is -2.53. The van der Waals surface area contributed by atoms with Gasteiger partial charge in [0.2, 0.25) is 0 Å². The first-order chi connectivity index (χ1) is 12.3. The molecule has 2 aromatic rings. The molecular weight excluding hydrogens is 424 g/mol. The number of nitro benzene ring substituents is 1. The molecule has 146 valence electrons. The molecule has 0 bridgehead atoms. The molecule has 1 aliphatic carbocycles. The van der Waals surface area contributed by atoms with Gasteiger partial charge in [0.15, 0.2) is 0 Å². The Balaban J connectivity index is 0.00000261. The van der Waals surface area contributed by atoms with Crippen molar-refractivity contribution in [2.45, 2.75) is 38.3 Å². The summed E-state index contributed by atoms with van der Waals surface area (Å²) in [6.45, 7) is 0.206. The van der Waals surface area contributed by atoms with Crippen molar-refractivity contribution in [1.29, 1.82) is 0 Å². The summed E-state index contributed by atoms with van der Waals surface area (Å²) in [6, 6.07) is 2.49. The first kappa shape index (κ1) is 20.8. The van der Waals surface area contributed by atoms with Crippen LogP contribution in [0.1, 0.15) is 31.2 Å². The molecule has 1 heterocycles. The lowest BCUT2D eigenvalue weighted by atomic mass is 9.85. The van der Waals surface area contributed by atoms with E-state index in [2.05, 4.69) is 15.3 Å². The molecule has 3 rings (SSSR count). The number of aromatic amines is 2. The number of hydrogen-bond acceptors (Lipinski definition) is 6. The quantitative estimate of drug-likeness (QED) is 0.309. The lowest BCUT2D eigenvalue weighted by Gasteiger charge is -2.27. The fraction of sp³-hybridized carbons (Fsp3) is 0.438. The summed E-state index contributed by atoms with van der Waals surface area (Å²) in [7, 11) is 0. The second-order valence-electron chi connectivity index (χ2n) is 6.47. The highest BCUT2D eigenvalue weighted by Gasteiger charge is 2.26. The van der Waals surface area contributed by atoms with E-state index < -0.39 is 27.9 Å². The number of carboxylic acids is 1. The Morgan fingerprint density at radius 1 is 1.26 bits per heavy atom. The number of aromatic nitrogens is 2. The highest BCUT2D eigenvalue weighted by Crippen LogP contribution is 2.26. The van der Waals surface area contributed by atoms with Gasteiger partial charge in [0, 0.05) is 24.7 Å². The summed E-state index contributed by atoms with van der Waals surface area (Å²) in [6.07, 6.45) is 2.72. The Bertz CT molecular complexity index is 985. The Morgan fingerprint density at radius 2 is 1.96 bits per heavy atom. The lowest BCUT2D eigenvalue weighted by molar-refractivity contribution is -0.384. The van der Waals surface area contributed by atoms with E-state index in [1.165, 1.54) is 12.1 Å². The number of nitrogens with zero attached hydrogens (tertiary/aromatic N) is 1. The van der Waals surface area contributed by atoms with E-state index in [1.54, 1.807) is 0 Å². The van der Waals surface area contributed by atoms with E-state index in [0.717, 1.165) is 12.8 Å².